The number of aromatic nitrogens is 2. The third-order valence-corrected chi connectivity index (χ3v) is 7.92. The van der Waals surface area contributed by atoms with Gasteiger partial charge in [-0.2, -0.15) is 0 Å². The van der Waals surface area contributed by atoms with Crippen molar-refractivity contribution in [3.63, 3.8) is 0 Å². The van der Waals surface area contributed by atoms with E-state index in [-0.39, 0.29) is 25.0 Å². The number of nitrogens with one attached hydrogen (secondary N) is 2. The Kier molecular flexibility index (Phi) is 7.43. The van der Waals surface area contributed by atoms with Gasteiger partial charge in [0.05, 0.1) is 41.7 Å². The van der Waals surface area contributed by atoms with Crippen LogP contribution in [0.3, 0.4) is 0 Å². The smallest absolute Gasteiger partial charge is 0.244 e. The second kappa shape index (κ2) is 10.6. The highest BCUT2D eigenvalue weighted by atomic mass is 35.5. The number of morpholine rings is 1. The Morgan fingerprint density at radius 1 is 1.24 bits per heavy atom. The summed E-state index contributed by atoms with van der Waals surface area (Å²) in [7, 11) is 0. The molecule has 2 aromatic heterocycles. The van der Waals surface area contributed by atoms with E-state index in [2.05, 4.69) is 15.3 Å². The van der Waals surface area contributed by atoms with E-state index in [9.17, 15) is 9.59 Å². The molecule has 0 radical (unpaired) electrons. The molecule has 0 spiro atoms. The maximum atomic E-state index is 13.7. The molecule has 0 bridgehead atoms. The van der Waals surface area contributed by atoms with Gasteiger partial charge in [-0.05, 0) is 51.8 Å². The highest BCUT2D eigenvalue weighted by Crippen LogP contribution is 2.34. The highest BCUT2D eigenvalue weighted by molar-refractivity contribution is 6.33. The fourth-order valence-corrected chi connectivity index (χ4v) is 6.11. The number of carbonyl (C=O) groups excluding carboxylic acids is 2. The summed E-state index contributed by atoms with van der Waals surface area (Å²) in [5, 5.41) is 5.50. The van der Waals surface area contributed by atoms with Crippen LogP contribution >= 0.6 is 11.6 Å². The van der Waals surface area contributed by atoms with Crippen molar-refractivity contribution in [2.24, 2.45) is 0 Å². The molecule has 2 amide bonds. The molecule has 198 valence electrons. The normalized spacial score (nSPS) is 20.8. The first-order chi connectivity index (χ1) is 17.8. The van der Waals surface area contributed by atoms with Gasteiger partial charge in [-0.3, -0.25) is 19.5 Å². The lowest BCUT2D eigenvalue weighted by atomic mass is 9.94. The Bertz CT molecular complexity index is 1300. The molecule has 1 atom stereocenters. The Morgan fingerprint density at radius 2 is 2.03 bits per heavy atom. The molecule has 1 saturated heterocycles. The van der Waals surface area contributed by atoms with Crippen molar-refractivity contribution in [1.29, 1.82) is 0 Å². The van der Waals surface area contributed by atoms with Crippen LogP contribution in [0, 0.1) is 0 Å². The lowest BCUT2D eigenvalue weighted by molar-refractivity contribution is -0.151. The van der Waals surface area contributed by atoms with Gasteiger partial charge in [0, 0.05) is 41.1 Å². The molecule has 2 aliphatic rings. The molecule has 5 rings (SSSR count). The number of fused-ring (bicyclic) bond motifs is 3. The van der Waals surface area contributed by atoms with Gasteiger partial charge >= 0.3 is 0 Å². The first kappa shape index (κ1) is 25.9. The summed E-state index contributed by atoms with van der Waals surface area (Å²) in [6.07, 6.45) is 9.18. The summed E-state index contributed by atoms with van der Waals surface area (Å²) < 4.78 is 6.04. The summed E-state index contributed by atoms with van der Waals surface area (Å²) in [6.45, 7) is 7.61. The van der Waals surface area contributed by atoms with E-state index in [1.165, 1.54) is 19.3 Å². The van der Waals surface area contributed by atoms with Gasteiger partial charge in [-0.1, -0.05) is 30.9 Å². The molecule has 1 aliphatic heterocycles. The van der Waals surface area contributed by atoms with Gasteiger partial charge in [0.25, 0.3) is 0 Å². The number of rotatable bonds is 6. The van der Waals surface area contributed by atoms with Crippen molar-refractivity contribution in [1.82, 2.24) is 19.8 Å². The van der Waals surface area contributed by atoms with Gasteiger partial charge in [0.15, 0.2) is 0 Å². The maximum Gasteiger partial charge on any atom is 0.244 e. The third kappa shape index (κ3) is 5.47. The van der Waals surface area contributed by atoms with Crippen LogP contribution in [0.4, 0.5) is 5.69 Å². The number of hydrogen-bond acceptors (Lipinski definition) is 5. The number of benzene rings is 1. The minimum absolute atomic E-state index is 0.0816. The Labute approximate surface area is 222 Å². The van der Waals surface area contributed by atoms with Crippen LogP contribution in [0.25, 0.3) is 21.8 Å². The van der Waals surface area contributed by atoms with Crippen molar-refractivity contribution < 1.29 is 14.3 Å². The van der Waals surface area contributed by atoms with E-state index in [0.29, 0.717) is 29.8 Å². The SMILES string of the molecule is CCN(C(=O)CN1CC(C)(C)OC[C@H]1C(=O)Nc1cc(Cl)cc2c1[nH]c1cnccc12)C1CCCCC1. The molecule has 2 fully saturated rings. The number of carbonyl (C=O) groups is 2. The van der Waals surface area contributed by atoms with Crippen LogP contribution in [-0.2, 0) is 14.3 Å². The van der Waals surface area contributed by atoms with Gasteiger partial charge in [-0.25, -0.2) is 0 Å². The average Bonchev–Trinajstić information content (AvgIpc) is 3.23. The van der Waals surface area contributed by atoms with Gasteiger partial charge < -0.3 is 19.9 Å². The first-order valence-corrected chi connectivity index (χ1v) is 13.7. The zero-order valence-corrected chi connectivity index (χ0v) is 22.6. The fraction of sp³-hybridized carbons (Fsp3) is 0.536. The van der Waals surface area contributed by atoms with E-state index in [1.807, 2.05) is 42.7 Å². The number of hydrogen-bond donors (Lipinski definition) is 2. The largest absolute Gasteiger partial charge is 0.372 e. The van der Waals surface area contributed by atoms with E-state index in [1.54, 1.807) is 18.5 Å². The summed E-state index contributed by atoms with van der Waals surface area (Å²) in [4.78, 5) is 38.7. The number of ether oxygens (including phenoxy) is 1. The molecule has 8 nitrogen and oxygen atoms in total. The maximum absolute atomic E-state index is 13.7. The monoisotopic (exact) mass is 525 g/mol. The lowest BCUT2D eigenvalue weighted by Gasteiger charge is -2.43. The number of likely N-dealkylation sites (N-methyl/N-ethyl adjacent to an activating group) is 1. The van der Waals surface area contributed by atoms with Crippen molar-refractivity contribution in [2.45, 2.75) is 70.6 Å². The molecular formula is C28H36ClN5O3. The molecule has 1 saturated carbocycles. The molecule has 9 heteroatoms. The molecule has 3 aromatic rings. The number of amides is 2. The molecular weight excluding hydrogens is 490 g/mol. The Balaban J connectivity index is 1.38. The van der Waals surface area contributed by atoms with Crippen LogP contribution in [0.1, 0.15) is 52.9 Å². The predicted molar refractivity (Wildman–Crippen MR) is 147 cm³/mol. The number of anilines is 1. The third-order valence-electron chi connectivity index (χ3n) is 7.71. The van der Waals surface area contributed by atoms with E-state index < -0.39 is 11.6 Å². The quantitative estimate of drug-likeness (QED) is 0.474. The summed E-state index contributed by atoms with van der Waals surface area (Å²) >= 11 is 6.44. The van der Waals surface area contributed by atoms with E-state index in [0.717, 1.165) is 34.6 Å². The van der Waals surface area contributed by atoms with Gasteiger partial charge in [0.2, 0.25) is 11.8 Å². The topological polar surface area (TPSA) is 90.6 Å². The highest BCUT2D eigenvalue weighted by Gasteiger charge is 2.39. The second-order valence-electron chi connectivity index (χ2n) is 10.9. The van der Waals surface area contributed by atoms with E-state index in [4.69, 9.17) is 16.3 Å². The predicted octanol–water partition coefficient (Wildman–Crippen LogP) is 4.97. The summed E-state index contributed by atoms with van der Waals surface area (Å²) in [5.41, 5.74) is 1.80. The average molecular weight is 526 g/mol. The molecule has 1 aromatic carbocycles. The van der Waals surface area contributed by atoms with Crippen LogP contribution in [-0.4, -0.2) is 75.5 Å². The zero-order valence-electron chi connectivity index (χ0n) is 21.8. The van der Waals surface area contributed by atoms with Crippen molar-refractivity contribution in [3.05, 3.63) is 35.6 Å². The number of halogens is 1. The van der Waals surface area contributed by atoms with Gasteiger partial charge in [-0.15, -0.1) is 0 Å². The number of nitrogens with zero attached hydrogens (tertiary/aromatic N) is 3. The summed E-state index contributed by atoms with van der Waals surface area (Å²) in [6, 6.07) is 5.25. The lowest BCUT2D eigenvalue weighted by Crippen LogP contribution is -2.60. The van der Waals surface area contributed by atoms with Crippen LogP contribution in [0.15, 0.2) is 30.6 Å². The minimum Gasteiger partial charge on any atom is -0.372 e. The number of H-pyrrole nitrogens is 1. The minimum atomic E-state index is -0.595. The number of pyridine rings is 1. The molecule has 1 aliphatic carbocycles. The van der Waals surface area contributed by atoms with Crippen LogP contribution in [0.5, 0.6) is 0 Å². The fourth-order valence-electron chi connectivity index (χ4n) is 5.89. The molecule has 37 heavy (non-hydrogen) atoms. The first-order valence-electron chi connectivity index (χ1n) is 13.3. The zero-order chi connectivity index (χ0) is 26.2. The Morgan fingerprint density at radius 3 is 2.78 bits per heavy atom. The molecule has 0 unspecified atom stereocenters. The van der Waals surface area contributed by atoms with Gasteiger partial charge in [0.1, 0.15) is 6.04 Å². The van der Waals surface area contributed by atoms with Crippen molar-refractivity contribution in [3.8, 4) is 0 Å². The van der Waals surface area contributed by atoms with Crippen molar-refractivity contribution in [2.75, 3.05) is 31.6 Å². The Hall–Kier alpha value is -2.68. The second-order valence-corrected chi connectivity index (χ2v) is 11.3. The molecule has 3 heterocycles. The standard InChI is InChI=1S/C28H36ClN5O3/c1-4-34(19-8-6-5-7-9-19)25(35)15-33-17-28(2,3)37-16-24(33)27(36)32-22-13-18(29)12-21-20-10-11-30-14-23(20)31-26(21)22/h10-14,19,24,31H,4-9,15-17H2,1-3H3,(H,32,36)/t24-/m0/s1. The van der Waals surface area contributed by atoms with E-state index >= 15 is 0 Å². The van der Waals surface area contributed by atoms with Crippen LogP contribution in [0.2, 0.25) is 5.02 Å². The summed E-state index contributed by atoms with van der Waals surface area (Å²) in [5.74, 6) is -0.137. The van der Waals surface area contributed by atoms with Crippen molar-refractivity contribution >= 4 is 50.9 Å². The number of aromatic amines is 1. The van der Waals surface area contributed by atoms with Crippen LogP contribution < -0.4 is 5.32 Å². The molecule has 2 N–H and O–H groups in total.